The molecule has 8 heteroatoms. The fraction of sp³-hybridized carbons (Fsp3) is 0.458. The number of nitrogens with zero attached hydrogens (tertiary/aromatic N) is 2. The van der Waals surface area contributed by atoms with E-state index in [2.05, 4.69) is 46.7 Å². The van der Waals surface area contributed by atoms with Crippen LogP contribution >= 0.6 is 0 Å². The van der Waals surface area contributed by atoms with Gasteiger partial charge in [0.15, 0.2) is 17.5 Å². The molecule has 1 fully saturated rings. The fourth-order valence-electron chi connectivity index (χ4n) is 3.69. The highest BCUT2D eigenvalue weighted by molar-refractivity contribution is 5.80. The van der Waals surface area contributed by atoms with Gasteiger partial charge in [-0.25, -0.2) is 4.99 Å². The van der Waals surface area contributed by atoms with E-state index in [0.717, 1.165) is 44.4 Å². The SMILES string of the molecule is CCNC(=NCc1cc(OC)c(OC)c(OC)c1)NCc1ccccc1N1CCOCC1. The molecule has 0 aliphatic carbocycles. The number of aliphatic imine (C=N–C) groups is 1. The minimum absolute atomic E-state index is 0.469. The van der Waals surface area contributed by atoms with Gasteiger partial charge in [0, 0.05) is 31.9 Å². The van der Waals surface area contributed by atoms with Crippen LogP contribution in [-0.2, 0) is 17.8 Å². The van der Waals surface area contributed by atoms with Gasteiger partial charge < -0.3 is 34.5 Å². The lowest BCUT2D eigenvalue weighted by molar-refractivity contribution is 0.122. The summed E-state index contributed by atoms with van der Waals surface area (Å²) in [4.78, 5) is 7.13. The van der Waals surface area contributed by atoms with Crippen LogP contribution in [0.4, 0.5) is 5.69 Å². The van der Waals surface area contributed by atoms with Crippen LogP contribution in [0.3, 0.4) is 0 Å². The Morgan fingerprint density at radius 2 is 1.69 bits per heavy atom. The van der Waals surface area contributed by atoms with Crippen LogP contribution in [0.25, 0.3) is 0 Å². The van der Waals surface area contributed by atoms with Gasteiger partial charge in [0.1, 0.15) is 0 Å². The van der Waals surface area contributed by atoms with Gasteiger partial charge in [-0.3, -0.25) is 0 Å². The highest BCUT2D eigenvalue weighted by Gasteiger charge is 2.15. The summed E-state index contributed by atoms with van der Waals surface area (Å²) >= 11 is 0. The van der Waals surface area contributed by atoms with Crippen molar-refractivity contribution in [3.8, 4) is 17.2 Å². The molecule has 8 nitrogen and oxygen atoms in total. The highest BCUT2D eigenvalue weighted by Crippen LogP contribution is 2.38. The van der Waals surface area contributed by atoms with Crippen molar-refractivity contribution >= 4 is 11.6 Å². The predicted octanol–water partition coefficient (Wildman–Crippen LogP) is 2.80. The molecule has 0 bridgehead atoms. The van der Waals surface area contributed by atoms with Gasteiger partial charge in [-0.2, -0.15) is 0 Å². The molecule has 1 aliphatic heterocycles. The molecule has 0 saturated carbocycles. The second kappa shape index (κ2) is 12.0. The molecule has 0 atom stereocenters. The van der Waals surface area contributed by atoms with Crippen LogP contribution in [-0.4, -0.2) is 60.1 Å². The third kappa shape index (κ3) is 5.97. The lowest BCUT2D eigenvalue weighted by Gasteiger charge is -2.30. The normalized spacial score (nSPS) is 14.1. The number of hydrogen-bond acceptors (Lipinski definition) is 6. The van der Waals surface area contributed by atoms with Crippen LogP contribution in [0.2, 0.25) is 0 Å². The van der Waals surface area contributed by atoms with Crippen LogP contribution in [0.15, 0.2) is 41.4 Å². The number of ether oxygens (including phenoxy) is 4. The van der Waals surface area contributed by atoms with Crippen molar-refractivity contribution in [2.75, 3.05) is 59.1 Å². The van der Waals surface area contributed by atoms with Gasteiger partial charge in [0.2, 0.25) is 5.75 Å². The van der Waals surface area contributed by atoms with Gasteiger partial charge in [0.05, 0.1) is 41.1 Å². The summed E-state index contributed by atoms with van der Waals surface area (Å²) in [7, 11) is 4.82. The number of hydrogen-bond donors (Lipinski definition) is 2. The summed E-state index contributed by atoms with van der Waals surface area (Å²) < 4.78 is 21.8. The molecule has 2 N–H and O–H groups in total. The third-order valence-electron chi connectivity index (χ3n) is 5.28. The summed E-state index contributed by atoms with van der Waals surface area (Å²) in [5.41, 5.74) is 3.43. The first-order chi connectivity index (χ1) is 15.7. The molecule has 3 rings (SSSR count). The fourth-order valence-corrected chi connectivity index (χ4v) is 3.69. The topological polar surface area (TPSA) is 76.6 Å². The number of anilines is 1. The maximum Gasteiger partial charge on any atom is 0.203 e. The lowest BCUT2D eigenvalue weighted by Crippen LogP contribution is -2.39. The van der Waals surface area contributed by atoms with E-state index in [9.17, 15) is 0 Å². The molecule has 2 aromatic carbocycles. The number of nitrogens with one attached hydrogen (secondary N) is 2. The van der Waals surface area contributed by atoms with E-state index in [1.165, 1.54) is 11.3 Å². The summed E-state index contributed by atoms with van der Waals surface area (Å²) in [6.45, 7) is 7.32. The van der Waals surface area contributed by atoms with Crippen molar-refractivity contribution in [2.45, 2.75) is 20.0 Å². The van der Waals surface area contributed by atoms with Crippen molar-refractivity contribution < 1.29 is 18.9 Å². The maximum absolute atomic E-state index is 5.50. The second-order valence-electron chi connectivity index (χ2n) is 7.31. The van der Waals surface area contributed by atoms with E-state index < -0.39 is 0 Å². The van der Waals surface area contributed by atoms with E-state index in [-0.39, 0.29) is 0 Å². The number of morpholine rings is 1. The Hall–Kier alpha value is -3.13. The first kappa shape index (κ1) is 23.5. The van der Waals surface area contributed by atoms with E-state index in [1.807, 2.05) is 12.1 Å². The lowest BCUT2D eigenvalue weighted by atomic mass is 10.1. The van der Waals surface area contributed by atoms with Gasteiger partial charge in [-0.1, -0.05) is 18.2 Å². The number of benzene rings is 2. The smallest absolute Gasteiger partial charge is 0.203 e. The third-order valence-corrected chi connectivity index (χ3v) is 5.28. The molecule has 174 valence electrons. The largest absolute Gasteiger partial charge is 0.493 e. The van der Waals surface area contributed by atoms with Crippen molar-refractivity contribution in [2.24, 2.45) is 4.99 Å². The van der Waals surface area contributed by atoms with E-state index in [0.29, 0.717) is 30.3 Å². The Bertz CT molecular complexity index is 872. The van der Waals surface area contributed by atoms with Gasteiger partial charge in [0.25, 0.3) is 0 Å². The maximum atomic E-state index is 5.50. The Balaban J connectivity index is 1.73. The number of rotatable bonds is 9. The van der Waals surface area contributed by atoms with Crippen LogP contribution < -0.4 is 29.7 Å². The summed E-state index contributed by atoms with van der Waals surface area (Å²) in [6, 6.07) is 12.3. The van der Waals surface area contributed by atoms with Crippen molar-refractivity contribution in [3.05, 3.63) is 47.5 Å². The number of methoxy groups -OCH3 is 3. The van der Waals surface area contributed by atoms with Crippen LogP contribution in [0.1, 0.15) is 18.1 Å². The Labute approximate surface area is 190 Å². The molecule has 1 aliphatic rings. The molecule has 1 saturated heterocycles. The zero-order valence-electron chi connectivity index (χ0n) is 19.4. The zero-order chi connectivity index (χ0) is 22.8. The Morgan fingerprint density at radius 1 is 1.00 bits per heavy atom. The van der Waals surface area contributed by atoms with Gasteiger partial charge in [-0.15, -0.1) is 0 Å². The molecule has 0 spiro atoms. The molecule has 0 amide bonds. The van der Waals surface area contributed by atoms with Crippen LogP contribution in [0.5, 0.6) is 17.2 Å². The van der Waals surface area contributed by atoms with Crippen LogP contribution in [0, 0.1) is 0 Å². The van der Waals surface area contributed by atoms with E-state index in [4.69, 9.17) is 23.9 Å². The summed E-state index contributed by atoms with van der Waals surface area (Å²) in [6.07, 6.45) is 0. The monoisotopic (exact) mass is 442 g/mol. The van der Waals surface area contributed by atoms with Crippen molar-refractivity contribution in [3.63, 3.8) is 0 Å². The predicted molar refractivity (Wildman–Crippen MR) is 127 cm³/mol. The first-order valence-corrected chi connectivity index (χ1v) is 10.9. The van der Waals surface area contributed by atoms with E-state index in [1.54, 1.807) is 21.3 Å². The molecule has 2 aromatic rings. The molecule has 1 heterocycles. The summed E-state index contributed by atoms with van der Waals surface area (Å²) in [5, 5.41) is 6.78. The molecule has 32 heavy (non-hydrogen) atoms. The van der Waals surface area contributed by atoms with Gasteiger partial charge >= 0.3 is 0 Å². The molecular formula is C24H34N4O4. The minimum Gasteiger partial charge on any atom is -0.493 e. The highest BCUT2D eigenvalue weighted by atomic mass is 16.5. The molecular weight excluding hydrogens is 408 g/mol. The number of para-hydroxylation sites is 1. The number of guanidine groups is 1. The second-order valence-corrected chi connectivity index (χ2v) is 7.31. The Morgan fingerprint density at radius 3 is 2.31 bits per heavy atom. The standard InChI is InChI=1S/C24H34N4O4/c1-5-25-24(26-16-18-14-21(29-2)23(31-4)22(15-18)30-3)27-17-19-8-6-7-9-20(19)28-10-12-32-13-11-28/h6-9,14-15H,5,10-13,16-17H2,1-4H3,(H2,25,26,27). The van der Waals surface area contributed by atoms with Crippen molar-refractivity contribution in [1.29, 1.82) is 0 Å². The summed E-state index contributed by atoms with van der Waals surface area (Å²) in [5.74, 6) is 2.56. The van der Waals surface area contributed by atoms with Gasteiger partial charge in [-0.05, 0) is 36.2 Å². The minimum atomic E-state index is 0.469. The quantitative estimate of drug-likeness (QED) is 0.457. The molecule has 0 radical (unpaired) electrons. The Kier molecular flexibility index (Phi) is 8.86. The zero-order valence-corrected chi connectivity index (χ0v) is 19.4. The first-order valence-electron chi connectivity index (χ1n) is 10.9. The molecule has 0 aromatic heterocycles. The average Bonchev–Trinajstić information content (AvgIpc) is 2.85. The van der Waals surface area contributed by atoms with Crippen molar-refractivity contribution in [1.82, 2.24) is 10.6 Å². The average molecular weight is 443 g/mol. The molecule has 0 unspecified atom stereocenters. The van der Waals surface area contributed by atoms with E-state index >= 15 is 0 Å².